The van der Waals surface area contributed by atoms with E-state index in [0.717, 1.165) is 5.69 Å². The van der Waals surface area contributed by atoms with Crippen LogP contribution in [0.3, 0.4) is 0 Å². The molecule has 0 unspecified atom stereocenters. The smallest absolute Gasteiger partial charge is 0.254 e. The maximum Gasteiger partial charge on any atom is 0.254 e. The maximum absolute atomic E-state index is 11.5. The summed E-state index contributed by atoms with van der Waals surface area (Å²) in [6.45, 7) is 3.54. The number of benzene rings is 1. The number of aryl methyl sites for hydroxylation is 2. The Balaban J connectivity index is 2.51. The highest BCUT2D eigenvalue weighted by Crippen LogP contribution is 2.30. The monoisotopic (exact) mass is 257 g/mol. The third-order valence-corrected chi connectivity index (χ3v) is 2.68. The number of hydrogen-bond acceptors (Lipinski definition) is 4. The summed E-state index contributed by atoms with van der Waals surface area (Å²) in [5.41, 5.74) is 13.2. The molecule has 19 heavy (non-hydrogen) atoms. The average molecular weight is 257 g/mol. The summed E-state index contributed by atoms with van der Waals surface area (Å²) < 4.78 is 5.70. The second kappa shape index (κ2) is 4.97. The van der Waals surface area contributed by atoms with Crippen LogP contribution in [0.1, 0.15) is 21.7 Å². The Bertz CT molecular complexity index is 639. The molecule has 0 aliphatic carbocycles. The van der Waals surface area contributed by atoms with Gasteiger partial charge in [0.1, 0.15) is 17.1 Å². The zero-order valence-electron chi connectivity index (χ0n) is 10.8. The zero-order valence-corrected chi connectivity index (χ0v) is 10.8. The first-order chi connectivity index (χ1) is 8.99. The van der Waals surface area contributed by atoms with Gasteiger partial charge in [0, 0.05) is 11.8 Å². The molecule has 0 aliphatic heterocycles. The molecule has 98 valence electrons. The Kier molecular flexibility index (Phi) is 3.37. The van der Waals surface area contributed by atoms with E-state index >= 15 is 0 Å². The Morgan fingerprint density at radius 3 is 2.53 bits per heavy atom. The van der Waals surface area contributed by atoms with Crippen LogP contribution in [-0.4, -0.2) is 10.9 Å². The van der Waals surface area contributed by atoms with Crippen LogP contribution < -0.4 is 16.2 Å². The standard InChI is InChI=1S/C14H15N3O2/c1-8-7-12(13(14(16)18)9(2)17-8)19-11-6-4-3-5-10(11)15/h3-7H,15H2,1-2H3,(H2,16,18). The van der Waals surface area contributed by atoms with Gasteiger partial charge in [-0.25, -0.2) is 0 Å². The Morgan fingerprint density at radius 2 is 1.89 bits per heavy atom. The molecule has 0 atom stereocenters. The molecule has 1 heterocycles. The first-order valence-electron chi connectivity index (χ1n) is 5.79. The fourth-order valence-electron chi connectivity index (χ4n) is 1.87. The van der Waals surface area contributed by atoms with Crippen molar-refractivity contribution in [2.45, 2.75) is 13.8 Å². The molecule has 0 radical (unpaired) electrons. The van der Waals surface area contributed by atoms with Crippen LogP contribution in [0.25, 0.3) is 0 Å². The van der Waals surface area contributed by atoms with Gasteiger partial charge >= 0.3 is 0 Å². The van der Waals surface area contributed by atoms with Crippen LogP contribution in [0.15, 0.2) is 30.3 Å². The first kappa shape index (κ1) is 12.9. The summed E-state index contributed by atoms with van der Waals surface area (Å²) in [6.07, 6.45) is 0. The predicted molar refractivity (Wildman–Crippen MR) is 73.2 cm³/mol. The van der Waals surface area contributed by atoms with Crippen LogP contribution in [0, 0.1) is 13.8 Å². The fourth-order valence-corrected chi connectivity index (χ4v) is 1.87. The molecule has 4 N–H and O–H groups in total. The largest absolute Gasteiger partial charge is 0.454 e. The number of primary amides is 1. The molecular formula is C14H15N3O2. The molecule has 5 nitrogen and oxygen atoms in total. The second-order valence-corrected chi connectivity index (χ2v) is 4.23. The second-order valence-electron chi connectivity index (χ2n) is 4.23. The van der Waals surface area contributed by atoms with Crippen LogP contribution in [0.2, 0.25) is 0 Å². The summed E-state index contributed by atoms with van der Waals surface area (Å²) in [6, 6.07) is 8.72. The summed E-state index contributed by atoms with van der Waals surface area (Å²) in [5, 5.41) is 0. The van der Waals surface area contributed by atoms with Crippen molar-refractivity contribution in [3.63, 3.8) is 0 Å². The minimum absolute atomic E-state index is 0.272. The highest BCUT2D eigenvalue weighted by molar-refractivity contribution is 5.96. The van der Waals surface area contributed by atoms with E-state index in [9.17, 15) is 4.79 Å². The van der Waals surface area contributed by atoms with Gasteiger partial charge in [0.15, 0.2) is 0 Å². The summed E-state index contributed by atoms with van der Waals surface area (Å²) in [7, 11) is 0. The van der Waals surface area contributed by atoms with Gasteiger partial charge in [-0.1, -0.05) is 12.1 Å². The van der Waals surface area contributed by atoms with Crippen LogP contribution in [-0.2, 0) is 0 Å². The van der Waals surface area contributed by atoms with Gasteiger partial charge in [0.2, 0.25) is 0 Å². The molecule has 0 saturated carbocycles. The SMILES string of the molecule is Cc1cc(Oc2ccccc2N)c(C(N)=O)c(C)n1. The van der Waals surface area contributed by atoms with Gasteiger partial charge in [-0.15, -0.1) is 0 Å². The first-order valence-corrected chi connectivity index (χ1v) is 5.79. The van der Waals surface area contributed by atoms with E-state index in [2.05, 4.69) is 4.98 Å². The number of nitrogens with two attached hydrogens (primary N) is 2. The Morgan fingerprint density at radius 1 is 1.21 bits per heavy atom. The van der Waals surface area contributed by atoms with E-state index < -0.39 is 5.91 Å². The van der Waals surface area contributed by atoms with Crippen molar-refractivity contribution in [1.82, 2.24) is 4.98 Å². The Labute approximate surface area is 111 Å². The normalized spacial score (nSPS) is 10.2. The number of hydrogen-bond donors (Lipinski definition) is 2. The van der Waals surface area contributed by atoms with Crippen molar-refractivity contribution in [1.29, 1.82) is 0 Å². The van der Waals surface area contributed by atoms with E-state index in [1.165, 1.54) is 0 Å². The van der Waals surface area contributed by atoms with E-state index in [-0.39, 0.29) is 5.56 Å². The Hall–Kier alpha value is -2.56. The van der Waals surface area contributed by atoms with Gasteiger partial charge in [-0.3, -0.25) is 9.78 Å². The fraction of sp³-hybridized carbons (Fsp3) is 0.143. The maximum atomic E-state index is 11.5. The number of nitrogen functional groups attached to an aromatic ring is 1. The summed E-state index contributed by atoms with van der Waals surface area (Å²) >= 11 is 0. The average Bonchev–Trinajstić information content (AvgIpc) is 2.30. The summed E-state index contributed by atoms with van der Waals surface area (Å²) in [4.78, 5) is 15.7. The predicted octanol–water partition coefficient (Wildman–Crippen LogP) is 2.17. The van der Waals surface area contributed by atoms with Crippen LogP contribution >= 0.6 is 0 Å². The minimum atomic E-state index is -0.575. The van der Waals surface area contributed by atoms with Gasteiger partial charge in [0.05, 0.1) is 11.4 Å². The lowest BCUT2D eigenvalue weighted by Gasteiger charge is -2.13. The van der Waals surface area contributed by atoms with E-state index in [0.29, 0.717) is 22.9 Å². The van der Waals surface area contributed by atoms with Crippen molar-refractivity contribution in [3.05, 3.63) is 47.3 Å². The van der Waals surface area contributed by atoms with Crippen molar-refractivity contribution in [2.24, 2.45) is 5.73 Å². The molecule has 1 aromatic carbocycles. The highest BCUT2D eigenvalue weighted by atomic mass is 16.5. The van der Waals surface area contributed by atoms with Crippen LogP contribution in [0.4, 0.5) is 5.69 Å². The van der Waals surface area contributed by atoms with Gasteiger partial charge in [-0.2, -0.15) is 0 Å². The van der Waals surface area contributed by atoms with Gasteiger partial charge in [0.25, 0.3) is 5.91 Å². The van der Waals surface area contributed by atoms with Crippen molar-refractivity contribution < 1.29 is 9.53 Å². The summed E-state index contributed by atoms with van der Waals surface area (Å²) in [5.74, 6) is 0.278. The molecule has 2 aromatic rings. The quantitative estimate of drug-likeness (QED) is 0.824. The number of anilines is 1. The third kappa shape index (κ3) is 2.65. The molecular weight excluding hydrogens is 242 g/mol. The highest BCUT2D eigenvalue weighted by Gasteiger charge is 2.16. The molecule has 0 spiro atoms. The minimum Gasteiger partial charge on any atom is -0.454 e. The molecule has 1 amide bonds. The molecule has 1 aromatic heterocycles. The third-order valence-electron chi connectivity index (χ3n) is 2.68. The lowest BCUT2D eigenvalue weighted by molar-refractivity contribution is 0.0997. The molecule has 0 fully saturated rings. The number of rotatable bonds is 3. The molecule has 0 saturated heterocycles. The van der Waals surface area contributed by atoms with E-state index in [1.54, 1.807) is 37.3 Å². The lowest BCUT2D eigenvalue weighted by Crippen LogP contribution is -2.15. The number of nitrogens with zero attached hydrogens (tertiary/aromatic N) is 1. The zero-order chi connectivity index (χ0) is 14.0. The number of carbonyl (C=O) groups excluding carboxylic acids is 1. The van der Waals surface area contributed by atoms with Crippen molar-refractivity contribution in [3.8, 4) is 11.5 Å². The van der Waals surface area contributed by atoms with Gasteiger partial charge in [-0.05, 0) is 26.0 Å². The molecule has 0 aliphatic rings. The molecule has 5 heteroatoms. The topological polar surface area (TPSA) is 91.2 Å². The van der Waals surface area contributed by atoms with Crippen molar-refractivity contribution in [2.75, 3.05) is 5.73 Å². The number of aromatic nitrogens is 1. The number of amides is 1. The molecule has 2 rings (SSSR count). The van der Waals surface area contributed by atoms with E-state index in [4.69, 9.17) is 16.2 Å². The van der Waals surface area contributed by atoms with Crippen LogP contribution in [0.5, 0.6) is 11.5 Å². The number of para-hydroxylation sites is 2. The van der Waals surface area contributed by atoms with Gasteiger partial charge < -0.3 is 16.2 Å². The van der Waals surface area contributed by atoms with Crippen molar-refractivity contribution >= 4 is 11.6 Å². The number of pyridine rings is 1. The number of carbonyl (C=O) groups is 1. The van der Waals surface area contributed by atoms with E-state index in [1.807, 2.05) is 6.92 Å². The molecule has 0 bridgehead atoms. The lowest BCUT2D eigenvalue weighted by atomic mass is 10.1. The number of ether oxygens (including phenoxy) is 1.